The van der Waals surface area contributed by atoms with Crippen molar-refractivity contribution in [3.8, 4) is 5.75 Å². The van der Waals surface area contributed by atoms with Crippen LogP contribution in [0.25, 0.3) is 0 Å². The zero-order valence-corrected chi connectivity index (χ0v) is 13.7. The lowest BCUT2D eigenvalue weighted by atomic mass is 10.2. The lowest BCUT2D eigenvalue weighted by Gasteiger charge is -2.08. The number of rotatable bonds is 6. The Bertz CT molecular complexity index is 747. The van der Waals surface area contributed by atoms with E-state index < -0.39 is 4.92 Å². The first kappa shape index (κ1) is 17.4. The number of anilines is 1. The van der Waals surface area contributed by atoms with Crippen molar-refractivity contribution in [2.45, 2.75) is 6.92 Å². The zero-order chi connectivity index (χ0) is 17.4. The van der Waals surface area contributed by atoms with Crippen molar-refractivity contribution >= 4 is 34.9 Å². The van der Waals surface area contributed by atoms with Gasteiger partial charge in [0.2, 0.25) is 0 Å². The summed E-state index contributed by atoms with van der Waals surface area (Å²) in [4.78, 5) is 10.4. The Hall–Kier alpha value is -3.00. The molecule has 0 atom stereocenters. The number of hydrogen-bond acceptors (Lipinski definition) is 5. The number of thiocarbonyl (C=S) groups is 1. The molecule has 8 heteroatoms. The van der Waals surface area contributed by atoms with Crippen molar-refractivity contribution in [2.75, 3.05) is 11.9 Å². The number of nitrogens with zero attached hydrogens (tertiary/aromatic N) is 2. The van der Waals surface area contributed by atoms with E-state index in [4.69, 9.17) is 17.0 Å². The van der Waals surface area contributed by atoms with E-state index in [0.717, 1.165) is 11.4 Å². The Morgan fingerprint density at radius 1 is 1.29 bits per heavy atom. The van der Waals surface area contributed by atoms with E-state index in [1.807, 2.05) is 31.2 Å². The highest BCUT2D eigenvalue weighted by atomic mass is 32.1. The summed E-state index contributed by atoms with van der Waals surface area (Å²) in [6.45, 7) is 2.52. The van der Waals surface area contributed by atoms with Crippen molar-refractivity contribution in [1.82, 2.24) is 5.43 Å². The minimum absolute atomic E-state index is 0.0200. The van der Waals surface area contributed by atoms with Crippen LogP contribution in [-0.2, 0) is 0 Å². The van der Waals surface area contributed by atoms with Crippen molar-refractivity contribution in [1.29, 1.82) is 0 Å². The SMILES string of the molecule is CCOc1ccc(NC(=S)N/N=C\c2ccccc2[N+](=O)[O-])cc1. The van der Waals surface area contributed by atoms with Gasteiger partial charge in [-0.15, -0.1) is 0 Å². The van der Waals surface area contributed by atoms with Crippen LogP contribution >= 0.6 is 12.2 Å². The van der Waals surface area contributed by atoms with Gasteiger partial charge >= 0.3 is 0 Å². The molecule has 0 fully saturated rings. The molecule has 0 aliphatic rings. The fourth-order valence-electron chi connectivity index (χ4n) is 1.88. The molecule has 2 aromatic rings. The van der Waals surface area contributed by atoms with Crippen molar-refractivity contribution < 1.29 is 9.66 Å². The molecule has 0 heterocycles. The molecule has 2 rings (SSSR count). The first-order chi connectivity index (χ1) is 11.6. The van der Waals surface area contributed by atoms with Crippen LogP contribution in [0.3, 0.4) is 0 Å². The van der Waals surface area contributed by atoms with Crippen LogP contribution in [-0.4, -0.2) is 22.9 Å². The summed E-state index contributed by atoms with van der Waals surface area (Å²) in [6, 6.07) is 13.6. The smallest absolute Gasteiger partial charge is 0.278 e. The Balaban J connectivity index is 1.92. The quantitative estimate of drug-likeness (QED) is 0.362. The highest BCUT2D eigenvalue weighted by molar-refractivity contribution is 7.80. The summed E-state index contributed by atoms with van der Waals surface area (Å²) in [5.74, 6) is 0.774. The monoisotopic (exact) mass is 344 g/mol. The Morgan fingerprint density at radius 2 is 2.00 bits per heavy atom. The third-order valence-electron chi connectivity index (χ3n) is 2.93. The summed E-state index contributed by atoms with van der Waals surface area (Å²) in [6.07, 6.45) is 1.35. The van der Waals surface area contributed by atoms with Gasteiger partial charge in [-0.2, -0.15) is 5.10 Å². The van der Waals surface area contributed by atoms with Gasteiger partial charge in [0.1, 0.15) is 5.75 Å². The Morgan fingerprint density at radius 3 is 2.67 bits per heavy atom. The molecule has 0 aromatic heterocycles. The van der Waals surface area contributed by atoms with Gasteiger partial charge in [-0.1, -0.05) is 12.1 Å². The molecule has 0 aliphatic carbocycles. The number of hydrazone groups is 1. The number of nitro benzene ring substituents is 1. The molecule has 2 N–H and O–H groups in total. The largest absolute Gasteiger partial charge is 0.494 e. The number of ether oxygens (including phenoxy) is 1. The number of nitro groups is 1. The molecule has 0 aliphatic heterocycles. The standard InChI is InChI=1S/C16H16N4O3S/c1-2-23-14-9-7-13(8-10-14)18-16(24)19-17-11-12-5-3-4-6-15(12)20(21)22/h3-11H,2H2,1H3,(H2,18,19,24)/b17-11-. The molecule has 0 unspecified atom stereocenters. The van der Waals surface area contributed by atoms with Crippen LogP contribution in [0, 0.1) is 10.1 Å². The summed E-state index contributed by atoms with van der Waals surface area (Å²) in [7, 11) is 0. The van der Waals surface area contributed by atoms with Crippen LogP contribution in [0.4, 0.5) is 11.4 Å². The minimum Gasteiger partial charge on any atom is -0.494 e. The van der Waals surface area contributed by atoms with Gasteiger partial charge in [0.25, 0.3) is 5.69 Å². The maximum atomic E-state index is 10.9. The fourth-order valence-corrected chi connectivity index (χ4v) is 2.05. The molecule has 7 nitrogen and oxygen atoms in total. The second kappa shape index (κ2) is 8.59. The van der Waals surface area contributed by atoms with E-state index in [-0.39, 0.29) is 10.8 Å². The van der Waals surface area contributed by atoms with Crippen molar-refractivity contribution in [3.05, 3.63) is 64.2 Å². The van der Waals surface area contributed by atoms with Crippen molar-refractivity contribution in [2.24, 2.45) is 5.10 Å². The van der Waals surface area contributed by atoms with E-state index in [9.17, 15) is 10.1 Å². The first-order valence-corrected chi connectivity index (χ1v) is 7.57. The maximum Gasteiger partial charge on any atom is 0.278 e. The first-order valence-electron chi connectivity index (χ1n) is 7.16. The maximum absolute atomic E-state index is 10.9. The number of para-hydroxylation sites is 1. The van der Waals surface area contributed by atoms with Crippen LogP contribution in [0.5, 0.6) is 5.75 Å². The van der Waals surface area contributed by atoms with E-state index in [2.05, 4.69) is 15.8 Å². The van der Waals surface area contributed by atoms with Gasteiger partial charge in [-0.25, -0.2) is 0 Å². The third-order valence-corrected chi connectivity index (χ3v) is 3.12. The predicted molar refractivity (Wildman–Crippen MR) is 97.7 cm³/mol. The Kier molecular flexibility index (Phi) is 6.21. The second-order valence-corrected chi connectivity index (χ2v) is 5.01. The molecule has 0 spiro atoms. The number of hydrogen-bond donors (Lipinski definition) is 2. The molecule has 124 valence electrons. The number of benzene rings is 2. The van der Waals surface area contributed by atoms with Gasteiger partial charge in [0, 0.05) is 11.8 Å². The summed E-state index contributed by atoms with van der Waals surface area (Å²) in [5.41, 5.74) is 3.76. The van der Waals surface area contributed by atoms with E-state index in [1.165, 1.54) is 12.3 Å². The molecular weight excluding hydrogens is 328 g/mol. The number of nitrogens with one attached hydrogen (secondary N) is 2. The molecule has 0 saturated heterocycles. The van der Waals surface area contributed by atoms with E-state index >= 15 is 0 Å². The average molecular weight is 344 g/mol. The van der Waals surface area contributed by atoms with Crippen LogP contribution in [0.1, 0.15) is 12.5 Å². The van der Waals surface area contributed by atoms with Crippen LogP contribution in [0.15, 0.2) is 53.6 Å². The van der Waals surface area contributed by atoms with E-state index in [1.54, 1.807) is 18.2 Å². The predicted octanol–water partition coefficient (Wildman–Crippen LogP) is 3.31. The lowest BCUT2D eigenvalue weighted by Crippen LogP contribution is -2.23. The fraction of sp³-hybridized carbons (Fsp3) is 0.125. The molecule has 0 bridgehead atoms. The van der Waals surface area contributed by atoms with Gasteiger partial charge in [0.05, 0.1) is 23.3 Å². The molecular formula is C16H16N4O3S. The summed E-state index contributed by atoms with van der Waals surface area (Å²) < 4.78 is 5.36. The normalized spacial score (nSPS) is 10.4. The molecule has 0 radical (unpaired) electrons. The van der Waals surface area contributed by atoms with Gasteiger partial charge < -0.3 is 10.1 Å². The van der Waals surface area contributed by atoms with Gasteiger partial charge in [-0.3, -0.25) is 15.5 Å². The van der Waals surface area contributed by atoms with E-state index in [0.29, 0.717) is 12.2 Å². The highest BCUT2D eigenvalue weighted by Gasteiger charge is 2.09. The zero-order valence-electron chi connectivity index (χ0n) is 12.9. The van der Waals surface area contributed by atoms with Crippen LogP contribution in [0.2, 0.25) is 0 Å². The lowest BCUT2D eigenvalue weighted by molar-refractivity contribution is -0.385. The summed E-state index contributed by atoms with van der Waals surface area (Å²) >= 11 is 5.12. The minimum atomic E-state index is -0.460. The molecule has 0 amide bonds. The molecule has 24 heavy (non-hydrogen) atoms. The van der Waals surface area contributed by atoms with Crippen molar-refractivity contribution in [3.63, 3.8) is 0 Å². The van der Waals surface area contributed by atoms with Gasteiger partial charge in [0.15, 0.2) is 5.11 Å². The topological polar surface area (TPSA) is 88.8 Å². The molecule has 2 aromatic carbocycles. The average Bonchev–Trinajstić information content (AvgIpc) is 2.57. The summed E-state index contributed by atoms with van der Waals surface area (Å²) in [5, 5.41) is 18.1. The van der Waals surface area contributed by atoms with Crippen LogP contribution < -0.4 is 15.5 Å². The second-order valence-electron chi connectivity index (χ2n) is 4.60. The third kappa shape index (κ3) is 5.03. The highest BCUT2D eigenvalue weighted by Crippen LogP contribution is 2.16. The Labute approximate surface area is 144 Å². The molecule has 0 saturated carbocycles. The van der Waals surface area contributed by atoms with Gasteiger partial charge in [-0.05, 0) is 49.5 Å².